The normalized spacial score (nSPS) is 30.7. The van der Waals surface area contributed by atoms with E-state index in [0.29, 0.717) is 18.2 Å². The second-order valence-electron chi connectivity index (χ2n) is 7.70. The van der Waals surface area contributed by atoms with Crippen LogP contribution in [0.5, 0.6) is 0 Å². The molecule has 0 spiro atoms. The Kier molecular flexibility index (Phi) is 6.97. The summed E-state index contributed by atoms with van der Waals surface area (Å²) >= 11 is 0. The first-order valence-corrected chi connectivity index (χ1v) is 9.10. The maximum Gasteiger partial charge on any atom is 0.0670 e. The van der Waals surface area contributed by atoms with E-state index in [2.05, 4.69) is 31.0 Å². The minimum atomic E-state index is 0.338. The van der Waals surface area contributed by atoms with Crippen LogP contribution >= 0.6 is 0 Å². The van der Waals surface area contributed by atoms with Crippen molar-refractivity contribution in [2.75, 3.05) is 26.7 Å². The third-order valence-corrected chi connectivity index (χ3v) is 5.42. The molecular weight excluding hydrogens is 260 g/mol. The molecule has 0 bridgehead atoms. The smallest absolute Gasteiger partial charge is 0.0670 e. The maximum absolute atomic E-state index is 5.52. The predicted molar refractivity (Wildman–Crippen MR) is 89.7 cm³/mol. The molecule has 124 valence electrons. The molecule has 1 aliphatic heterocycles. The van der Waals surface area contributed by atoms with Crippen LogP contribution in [-0.2, 0) is 4.74 Å². The highest BCUT2D eigenvalue weighted by Crippen LogP contribution is 2.29. The standard InChI is InChI=1S/C18H36N2O/c1-14(2)10-17-11-19-18(16-8-6-5-7-9-16)13-20(17)12-15(3)21-4/h14-19H,5-13H2,1-4H3. The Bertz CT molecular complexity index is 289. The van der Waals surface area contributed by atoms with Gasteiger partial charge in [0.15, 0.2) is 0 Å². The zero-order valence-corrected chi connectivity index (χ0v) is 14.6. The summed E-state index contributed by atoms with van der Waals surface area (Å²) in [6, 6.07) is 1.39. The van der Waals surface area contributed by atoms with E-state index in [1.807, 2.05) is 7.11 Å². The minimum absolute atomic E-state index is 0.338. The van der Waals surface area contributed by atoms with Crippen LogP contribution in [0, 0.1) is 11.8 Å². The van der Waals surface area contributed by atoms with E-state index in [-0.39, 0.29) is 0 Å². The van der Waals surface area contributed by atoms with Gasteiger partial charge in [0.1, 0.15) is 0 Å². The largest absolute Gasteiger partial charge is 0.380 e. The summed E-state index contributed by atoms with van der Waals surface area (Å²) in [6.45, 7) is 10.3. The topological polar surface area (TPSA) is 24.5 Å². The maximum atomic E-state index is 5.52. The van der Waals surface area contributed by atoms with Crippen LogP contribution in [0.25, 0.3) is 0 Å². The highest BCUT2D eigenvalue weighted by atomic mass is 16.5. The molecule has 3 atom stereocenters. The van der Waals surface area contributed by atoms with Gasteiger partial charge in [-0.15, -0.1) is 0 Å². The van der Waals surface area contributed by atoms with Crippen LogP contribution < -0.4 is 5.32 Å². The van der Waals surface area contributed by atoms with Crippen LogP contribution in [0.1, 0.15) is 59.3 Å². The van der Waals surface area contributed by atoms with E-state index < -0.39 is 0 Å². The van der Waals surface area contributed by atoms with E-state index in [1.165, 1.54) is 45.1 Å². The highest BCUT2D eigenvalue weighted by molar-refractivity contribution is 4.91. The Morgan fingerprint density at radius 2 is 1.86 bits per heavy atom. The molecule has 3 unspecified atom stereocenters. The van der Waals surface area contributed by atoms with Gasteiger partial charge < -0.3 is 10.1 Å². The van der Waals surface area contributed by atoms with Crippen LogP contribution in [0.15, 0.2) is 0 Å². The van der Waals surface area contributed by atoms with Crippen molar-refractivity contribution in [2.24, 2.45) is 11.8 Å². The van der Waals surface area contributed by atoms with Gasteiger partial charge in [0, 0.05) is 38.8 Å². The first kappa shape index (κ1) is 17.2. The predicted octanol–water partition coefficient (Wildman–Crippen LogP) is 3.29. The first-order valence-electron chi connectivity index (χ1n) is 9.10. The Morgan fingerprint density at radius 3 is 2.48 bits per heavy atom. The van der Waals surface area contributed by atoms with Crippen molar-refractivity contribution in [3.63, 3.8) is 0 Å². The van der Waals surface area contributed by atoms with Gasteiger partial charge in [0.25, 0.3) is 0 Å². The van der Waals surface area contributed by atoms with Gasteiger partial charge in [0.05, 0.1) is 6.10 Å². The average Bonchev–Trinajstić information content (AvgIpc) is 2.49. The second-order valence-corrected chi connectivity index (χ2v) is 7.70. The average molecular weight is 296 g/mol. The molecule has 1 saturated carbocycles. The molecule has 0 aromatic heterocycles. The van der Waals surface area contributed by atoms with Gasteiger partial charge in [-0.25, -0.2) is 0 Å². The highest BCUT2D eigenvalue weighted by Gasteiger charge is 2.33. The fourth-order valence-electron chi connectivity index (χ4n) is 4.14. The molecule has 1 N–H and O–H groups in total. The fraction of sp³-hybridized carbons (Fsp3) is 1.00. The lowest BCUT2D eigenvalue weighted by molar-refractivity contribution is 0.0251. The van der Waals surface area contributed by atoms with Crippen molar-refractivity contribution < 1.29 is 4.74 Å². The number of nitrogens with one attached hydrogen (secondary N) is 1. The van der Waals surface area contributed by atoms with Gasteiger partial charge in [-0.3, -0.25) is 4.90 Å². The summed E-state index contributed by atoms with van der Waals surface area (Å²) in [5.41, 5.74) is 0. The Labute approximate surface area is 131 Å². The Morgan fingerprint density at radius 1 is 1.14 bits per heavy atom. The van der Waals surface area contributed by atoms with Gasteiger partial charge in [-0.1, -0.05) is 33.1 Å². The lowest BCUT2D eigenvalue weighted by Gasteiger charge is -2.45. The monoisotopic (exact) mass is 296 g/mol. The van der Waals surface area contributed by atoms with Crippen molar-refractivity contribution in [1.82, 2.24) is 10.2 Å². The molecule has 3 nitrogen and oxygen atoms in total. The number of piperazine rings is 1. The number of ether oxygens (including phenoxy) is 1. The molecule has 21 heavy (non-hydrogen) atoms. The van der Waals surface area contributed by atoms with Crippen molar-refractivity contribution in [3.05, 3.63) is 0 Å². The van der Waals surface area contributed by atoms with Crippen molar-refractivity contribution in [2.45, 2.75) is 77.5 Å². The Hall–Kier alpha value is -0.120. The molecule has 0 amide bonds. The van der Waals surface area contributed by atoms with E-state index in [9.17, 15) is 0 Å². The van der Waals surface area contributed by atoms with Crippen LogP contribution in [0.4, 0.5) is 0 Å². The number of hydrogen-bond donors (Lipinski definition) is 1. The number of rotatable bonds is 6. The van der Waals surface area contributed by atoms with Gasteiger partial charge in [-0.2, -0.15) is 0 Å². The number of nitrogens with zero attached hydrogens (tertiary/aromatic N) is 1. The number of hydrogen-bond acceptors (Lipinski definition) is 3. The van der Waals surface area contributed by atoms with E-state index in [0.717, 1.165) is 24.9 Å². The molecule has 1 saturated heterocycles. The molecule has 2 rings (SSSR count). The lowest BCUT2D eigenvalue weighted by Crippen LogP contribution is -2.60. The van der Waals surface area contributed by atoms with Crippen molar-refractivity contribution in [3.8, 4) is 0 Å². The third-order valence-electron chi connectivity index (χ3n) is 5.42. The summed E-state index contributed by atoms with van der Waals surface area (Å²) in [7, 11) is 1.84. The van der Waals surface area contributed by atoms with Gasteiger partial charge in [0.2, 0.25) is 0 Å². The quantitative estimate of drug-likeness (QED) is 0.814. The summed E-state index contributed by atoms with van der Waals surface area (Å²) in [5.74, 6) is 1.67. The lowest BCUT2D eigenvalue weighted by atomic mass is 9.82. The molecule has 2 fully saturated rings. The van der Waals surface area contributed by atoms with Crippen LogP contribution in [0.2, 0.25) is 0 Å². The summed E-state index contributed by atoms with van der Waals surface area (Å²) in [4.78, 5) is 2.71. The molecule has 3 heteroatoms. The fourth-order valence-corrected chi connectivity index (χ4v) is 4.14. The zero-order valence-electron chi connectivity index (χ0n) is 14.6. The second kappa shape index (κ2) is 8.50. The third kappa shape index (κ3) is 5.22. The van der Waals surface area contributed by atoms with E-state index >= 15 is 0 Å². The van der Waals surface area contributed by atoms with Gasteiger partial charge in [-0.05, 0) is 38.0 Å². The van der Waals surface area contributed by atoms with Gasteiger partial charge >= 0.3 is 0 Å². The molecule has 0 aromatic rings. The van der Waals surface area contributed by atoms with Crippen molar-refractivity contribution >= 4 is 0 Å². The molecule has 0 radical (unpaired) electrons. The number of methoxy groups -OCH3 is 1. The molecule has 0 aromatic carbocycles. The van der Waals surface area contributed by atoms with Crippen LogP contribution in [0.3, 0.4) is 0 Å². The first-order chi connectivity index (χ1) is 10.1. The molecule has 2 aliphatic rings. The molecule has 1 aliphatic carbocycles. The van der Waals surface area contributed by atoms with Crippen molar-refractivity contribution in [1.29, 1.82) is 0 Å². The van der Waals surface area contributed by atoms with Crippen LogP contribution in [-0.4, -0.2) is 49.8 Å². The summed E-state index contributed by atoms with van der Waals surface area (Å²) in [6.07, 6.45) is 8.81. The molecule has 1 heterocycles. The SMILES string of the molecule is COC(C)CN1CC(C2CCCCC2)NCC1CC(C)C. The summed E-state index contributed by atoms with van der Waals surface area (Å²) < 4.78 is 5.52. The van der Waals surface area contributed by atoms with E-state index in [1.54, 1.807) is 0 Å². The molecular formula is C18H36N2O. The zero-order chi connectivity index (χ0) is 15.2. The summed E-state index contributed by atoms with van der Waals surface area (Å²) in [5, 5.41) is 3.88. The van der Waals surface area contributed by atoms with E-state index in [4.69, 9.17) is 4.74 Å². The minimum Gasteiger partial charge on any atom is -0.380 e. The Balaban J connectivity index is 1.94.